The largest absolute Gasteiger partial charge is 0.493 e. The zero-order chi connectivity index (χ0) is 16.9. The molecule has 1 atom stereocenters. The molecule has 1 aromatic carbocycles. The Labute approximate surface area is 138 Å². The lowest BCUT2D eigenvalue weighted by molar-refractivity contribution is -0.133. The third-order valence-electron chi connectivity index (χ3n) is 4.75. The lowest BCUT2D eigenvalue weighted by atomic mass is 9.84. The average Bonchev–Trinajstić information content (AvgIpc) is 3.01. The van der Waals surface area contributed by atoms with Gasteiger partial charge in [0.05, 0.1) is 18.8 Å². The predicted octanol–water partition coefficient (Wildman–Crippen LogP) is 2.02. The van der Waals surface area contributed by atoms with Gasteiger partial charge in [-0.15, -0.1) is 0 Å². The molecule has 3 heterocycles. The highest BCUT2D eigenvalue weighted by molar-refractivity contribution is 6.07. The molecule has 1 unspecified atom stereocenters. The Morgan fingerprint density at radius 1 is 1.29 bits per heavy atom. The number of aromatic nitrogens is 1. The molecule has 124 valence electrons. The second-order valence-electron chi connectivity index (χ2n) is 6.12. The quantitative estimate of drug-likeness (QED) is 0.853. The molecular weight excluding hydrogens is 310 g/mol. The Kier molecular flexibility index (Phi) is 3.13. The fraction of sp³-hybridized carbons (Fsp3) is 0.353. The first-order valence-corrected chi connectivity index (χ1v) is 7.81. The summed E-state index contributed by atoms with van der Waals surface area (Å²) in [5, 5.41) is 6.77. The minimum absolute atomic E-state index is 0.149. The van der Waals surface area contributed by atoms with E-state index in [-0.39, 0.29) is 12.5 Å². The van der Waals surface area contributed by atoms with Crippen LogP contribution in [0, 0.1) is 13.8 Å². The summed E-state index contributed by atoms with van der Waals surface area (Å²) in [6.07, 6.45) is 0.409. The van der Waals surface area contributed by atoms with Gasteiger partial charge in [-0.2, -0.15) is 0 Å². The monoisotopic (exact) mass is 327 g/mol. The number of hydrogen-bond acceptors (Lipinski definition) is 5. The van der Waals surface area contributed by atoms with Crippen LogP contribution in [-0.2, 0) is 16.9 Å². The number of urea groups is 1. The van der Waals surface area contributed by atoms with Gasteiger partial charge in [-0.1, -0.05) is 23.4 Å². The first-order chi connectivity index (χ1) is 11.5. The van der Waals surface area contributed by atoms with E-state index in [1.54, 1.807) is 13.8 Å². The molecule has 7 heteroatoms. The van der Waals surface area contributed by atoms with Crippen LogP contribution in [0.25, 0.3) is 0 Å². The SMILES string of the molecule is Cc1noc(C)c1CN1C(=O)NC2(CCOc3ccccc32)C1=O. The van der Waals surface area contributed by atoms with Crippen LogP contribution in [0.2, 0.25) is 0 Å². The van der Waals surface area contributed by atoms with Crippen molar-refractivity contribution in [3.8, 4) is 5.75 Å². The van der Waals surface area contributed by atoms with Crippen molar-refractivity contribution < 1.29 is 18.8 Å². The summed E-state index contributed by atoms with van der Waals surface area (Å²) in [7, 11) is 0. The number of rotatable bonds is 2. The maximum Gasteiger partial charge on any atom is 0.325 e. The van der Waals surface area contributed by atoms with E-state index in [0.29, 0.717) is 35.8 Å². The van der Waals surface area contributed by atoms with Crippen molar-refractivity contribution in [2.45, 2.75) is 32.4 Å². The van der Waals surface area contributed by atoms with Crippen LogP contribution in [0.1, 0.15) is 29.0 Å². The summed E-state index contributed by atoms with van der Waals surface area (Å²) in [4.78, 5) is 26.9. The van der Waals surface area contributed by atoms with E-state index in [9.17, 15) is 9.59 Å². The van der Waals surface area contributed by atoms with Crippen LogP contribution in [0.15, 0.2) is 28.8 Å². The van der Waals surface area contributed by atoms with E-state index < -0.39 is 11.6 Å². The summed E-state index contributed by atoms with van der Waals surface area (Å²) >= 11 is 0. The molecule has 7 nitrogen and oxygen atoms in total. The maximum absolute atomic E-state index is 13.1. The molecule has 1 N–H and O–H groups in total. The highest BCUT2D eigenvalue weighted by atomic mass is 16.5. The van der Waals surface area contributed by atoms with Gasteiger partial charge in [0.15, 0.2) is 5.54 Å². The standard InChI is InChI=1S/C17H17N3O4/c1-10-12(11(2)24-19-10)9-20-15(21)17(18-16(20)22)7-8-23-14-6-4-3-5-13(14)17/h3-6H,7-9H2,1-2H3,(H,18,22). The molecule has 0 radical (unpaired) electrons. The van der Waals surface area contributed by atoms with Crippen molar-refractivity contribution in [1.82, 2.24) is 15.4 Å². The predicted molar refractivity (Wildman–Crippen MR) is 83.3 cm³/mol. The highest BCUT2D eigenvalue weighted by Gasteiger charge is 2.54. The van der Waals surface area contributed by atoms with Gasteiger partial charge >= 0.3 is 6.03 Å². The van der Waals surface area contributed by atoms with E-state index in [1.807, 2.05) is 24.3 Å². The van der Waals surface area contributed by atoms with Gasteiger partial charge in [0.1, 0.15) is 11.5 Å². The van der Waals surface area contributed by atoms with Gasteiger partial charge in [-0.25, -0.2) is 4.79 Å². The summed E-state index contributed by atoms with van der Waals surface area (Å²) < 4.78 is 10.8. The van der Waals surface area contributed by atoms with Crippen LogP contribution in [-0.4, -0.2) is 28.6 Å². The first-order valence-electron chi connectivity index (χ1n) is 7.81. The molecular formula is C17H17N3O4. The molecule has 1 aromatic heterocycles. The minimum Gasteiger partial charge on any atom is -0.493 e. The lowest BCUT2D eigenvalue weighted by Crippen LogP contribution is -2.47. The summed E-state index contributed by atoms with van der Waals surface area (Å²) in [6.45, 7) is 4.09. The van der Waals surface area contributed by atoms with Crippen LogP contribution in [0.5, 0.6) is 5.75 Å². The van der Waals surface area contributed by atoms with Crippen molar-refractivity contribution >= 4 is 11.9 Å². The Bertz CT molecular complexity index is 825. The van der Waals surface area contributed by atoms with Crippen molar-refractivity contribution in [1.29, 1.82) is 0 Å². The van der Waals surface area contributed by atoms with Crippen molar-refractivity contribution in [2.75, 3.05) is 6.61 Å². The number of fused-ring (bicyclic) bond motifs is 2. The number of carbonyl (C=O) groups is 2. The van der Waals surface area contributed by atoms with Gasteiger partial charge in [0, 0.05) is 17.5 Å². The average molecular weight is 327 g/mol. The van der Waals surface area contributed by atoms with Gasteiger partial charge in [-0.05, 0) is 19.9 Å². The number of carbonyl (C=O) groups excluding carboxylic acids is 2. The van der Waals surface area contributed by atoms with E-state index in [4.69, 9.17) is 9.26 Å². The first kappa shape index (κ1) is 14.7. The van der Waals surface area contributed by atoms with E-state index in [2.05, 4.69) is 10.5 Å². The summed E-state index contributed by atoms with van der Waals surface area (Å²) in [6, 6.07) is 6.92. The number of para-hydroxylation sites is 1. The molecule has 0 bridgehead atoms. The van der Waals surface area contributed by atoms with E-state index >= 15 is 0 Å². The number of hydrogen-bond donors (Lipinski definition) is 1. The fourth-order valence-electron chi connectivity index (χ4n) is 3.40. The topological polar surface area (TPSA) is 84.7 Å². The van der Waals surface area contributed by atoms with Gasteiger partial charge in [-0.3, -0.25) is 9.69 Å². The number of nitrogens with zero attached hydrogens (tertiary/aromatic N) is 2. The van der Waals surface area contributed by atoms with Crippen molar-refractivity contribution in [2.24, 2.45) is 0 Å². The van der Waals surface area contributed by atoms with Gasteiger partial charge in [0.2, 0.25) is 0 Å². The fourth-order valence-corrected chi connectivity index (χ4v) is 3.40. The Hall–Kier alpha value is -2.83. The number of imide groups is 1. The zero-order valence-electron chi connectivity index (χ0n) is 13.5. The Balaban J connectivity index is 1.73. The maximum atomic E-state index is 13.1. The third kappa shape index (κ3) is 1.94. The molecule has 2 aliphatic heterocycles. The molecule has 1 fully saturated rings. The molecule has 2 aliphatic rings. The van der Waals surface area contributed by atoms with Crippen LogP contribution >= 0.6 is 0 Å². The smallest absolute Gasteiger partial charge is 0.325 e. The van der Waals surface area contributed by atoms with Gasteiger partial charge < -0.3 is 14.6 Å². The molecule has 0 saturated carbocycles. The van der Waals surface area contributed by atoms with Gasteiger partial charge in [0.25, 0.3) is 5.91 Å². The number of ether oxygens (including phenoxy) is 1. The van der Waals surface area contributed by atoms with Crippen molar-refractivity contribution in [3.63, 3.8) is 0 Å². The molecule has 1 spiro atoms. The second-order valence-corrected chi connectivity index (χ2v) is 6.12. The van der Waals surface area contributed by atoms with Crippen LogP contribution in [0.4, 0.5) is 4.79 Å². The van der Waals surface area contributed by atoms with Crippen LogP contribution in [0.3, 0.4) is 0 Å². The summed E-state index contributed by atoms with van der Waals surface area (Å²) in [5.74, 6) is 0.987. The number of aryl methyl sites for hydroxylation is 2. The second kappa shape index (κ2) is 5.09. The third-order valence-corrected chi connectivity index (χ3v) is 4.75. The number of nitrogens with one attached hydrogen (secondary N) is 1. The highest BCUT2D eigenvalue weighted by Crippen LogP contribution is 2.41. The number of benzene rings is 1. The molecule has 1 saturated heterocycles. The molecule has 0 aliphatic carbocycles. The molecule has 24 heavy (non-hydrogen) atoms. The molecule has 4 rings (SSSR count). The lowest BCUT2D eigenvalue weighted by Gasteiger charge is -2.33. The van der Waals surface area contributed by atoms with Crippen molar-refractivity contribution in [3.05, 3.63) is 46.8 Å². The van der Waals surface area contributed by atoms with E-state index in [1.165, 1.54) is 4.90 Å². The Morgan fingerprint density at radius 2 is 2.08 bits per heavy atom. The van der Waals surface area contributed by atoms with Crippen LogP contribution < -0.4 is 10.1 Å². The Morgan fingerprint density at radius 3 is 2.83 bits per heavy atom. The number of amides is 3. The van der Waals surface area contributed by atoms with E-state index in [0.717, 1.165) is 5.56 Å². The molecule has 3 amide bonds. The summed E-state index contributed by atoms with van der Waals surface area (Å²) in [5.41, 5.74) is 1.10. The zero-order valence-corrected chi connectivity index (χ0v) is 13.5. The molecule has 2 aromatic rings. The normalized spacial score (nSPS) is 22.5. The minimum atomic E-state index is -1.05.